The molecular formula is C21H29N3O3S. The van der Waals surface area contributed by atoms with Crippen LogP contribution in [0.3, 0.4) is 0 Å². The number of rotatable bonds is 9. The van der Waals surface area contributed by atoms with Crippen LogP contribution in [0.5, 0.6) is 0 Å². The molecule has 0 bridgehead atoms. The topological polar surface area (TPSA) is 71.0 Å². The number of carbonyl (C=O) groups is 2. The Bertz CT molecular complexity index is 697. The molecule has 0 spiro atoms. The summed E-state index contributed by atoms with van der Waals surface area (Å²) in [6.45, 7) is 3.41. The second-order valence-electron chi connectivity index (χ2n) is 7.36. The van der Waals surface area contributed by atoms with Crippen molar-refractivity contribution in [3.8, 4) is 0 Å². The number of likely N-dealkylation sites (tertiary alicyclic amines) is 1. The van der Waals surface area contributed by atoms with Gasteiger partial charge in [0.25, 0.3) is 0 Å². The molecule has 3 rings (SSSR count). The standard InChI is InChI=1S/C21H29N3O3S/c1-15(19(27-2)18-9-6-11-24(18)14-25)20(26)23-17(21-22-10-12-28-21)13-16-7-4-3-5-8-16/h3-5,7-8,14-15,17-19H,6,9-13H2,1-2H3,(H,23,26). The first-order chi connectivity index (χ1) is 13.6. The molecule has 7 heteroatoms. The predicted octanol–water partition coefficient (Wildman–Crippen LogP) is 2.13. The van der Waals surface area contributed by atoms with Gasteiger partial charge in [-0.1, -0.05) is 37.3 Å². The van der Waals surface area contributed by atoms with E-state index in [1.165, 1.54) is 5.56 Å². The number of thioether (sulfide) groups is 1. The Hall–Kier alpha value is -1.86. The van der Waals surface area contributed by atoms with Gasteiger partial charge in [-0.25, -0.2) is 0 Å². The van der Waals surface area contributed by atoms with E-state index in [1.807, 2.05) is 25.1 Å². The Morgan fingerprint density at radius 3 is 2.86 bits per heavy atom. The van der Waals surface area contributed by atoms with Gasteiger partial charge >= 0.3 is 0 Å². The van der Waals surface area contributed by atoms with E-state index in [1.54, 1.807) is 23.8 Å². The third kappa shape index (κ3) is 4.94. The molecule has 2 aliphatic heterocycles. The first kappa shape index (κ1) is 20.9. The molecule has 1 fully saturated rings. The molecule has 28 heavy (non-hydrogen) atoms. The quantitative estimate of drug-likeness (QED) is 0.641. The number of nitrogens with zero attached hydrogens (tertiary/aromatic N) is 2. The molecule has 0 aliphatic carbocycles. The minimum Gasteiger partial charge on any atom is -0.378 e. The molecule has 152 valence electrons. The number of benzene rings is 1. The van der Waals surface area contributed by atoms with Crippen LogP contribution in [0.25, 0.3) is 0 Å². The smallest absolute Gasteiger partial charge is 0.226 e. The lowest BCUT2D eigenvalue weighted by atomic mass is 9.94. The number of ether oxygens (including phenoxy) is 1. The maximum absolute atomic E-state index is 13.1. The molecule has 0 radical (unpaired) electrons. The number of carbonyl (C=O) groups excluding carboxylic acids is 2. The van der Waals surface area contributed by atoms with Gasteiger partial charge in [0.1, 0.15) is 0 Å². The van der Waals surface area contributed by atoms with Gasteiger partial charge in [0.05, 0.1) is 29.1 Å². The lowest BCUT2D eigenvalue weighted by molar-refractivity contribution is -0.133. The molecule has 4 atom stereocenters. The van der Waals surface area contributed by atoms with Crippen molar-refractivity contribution in [3.63, 3.8) is 0 Å². The van der Waals surface area contributed by atoms with Crippen molar-refractivity contribution >= 4 is 29.1 Å². The number of amides is 2. The zero-order chi connectivity index (χ0) is 19.9. The highest BCUT2D eigenvalue weighted by molar-refractivity contribution is 8.14. The van der Waals surface area contributed by atoms with Crippen LogP contribution in [0.15, 0.2) is 35.3 Å². The molecule has 2 heterocycles. The van der Waals surface area contributed by atoms with Crippen molar-refractivity contribution in [1.29, 1.82) is 0 Å². The number of hydrogen-bond donors (Lipinski definition) is 1. The fourth-order valence-corrected chi connectivity index (χ4v) is 4.98. The molecule has 2 amide bonds. The summed E-state index contributed by atoms with van der Waals surface area (Å²) in [7, 11) is 1.62. The summed E-state index contributed by atoms with van der Waals surface area (Å²) in [5.41, 5.74) is 1.17. The Balaban J connectivity index is 1.70. The van der Waals surface area contributed by atoms with Crippen molar-refractivity contribution < 1.29 is 14.3 Å². The minimum absolute atomic E-state index is 0.0472. The highest BCUT2D eigenvalue weighted by Crippen LogP contribution is 2.25. The number of nitrogens with one attached hydrogen (secondary N) is 1. The summed E-state index contributed by atoms with van der Waals surface area (Å²) >= 11 is 1.72. The van der Waals surface area contributed by atoms with Gasteiger partial charge in [-0.3, -0.25) is 14.6 Å². The molecule has 4 unspecified atom stereocenters. The number of hydrogen-bond acceptors (Lipinski definition) is 5. The molecule has 1 aromatic carbocycles. The largest absolute Gasteiger partial charge is 0.378 e. The van der Waals surface area contributed by atoms with Gasteiger partial charge in [0.2, 0.25) is 12.3 Å². The summed E-state index contributed by atoms with van der Waals surface area (Å²) in [6.07, 6.45) is 3.08. The number of methoxy groups -OCH3 is 1. The summed E-state index contributed by atoms with van der Waals surface area (Å²) in [4.78, 5) is 30.8. The maximum Gasteiger partial charge on any atom is 0.226 e. The van der Waals surface area contributed by atoms with E-state index in [4.69, 9.17) is 4.74 Å². The monoisotopic (exact) mass is 403 g/mol. The van der Waals surface area contributed by atoms with Crippen LogP contribution in [0.2, 0.25) is 0 Å². The van der Waals surface area contributed by atoms with E-state index in [-0.39, 0.29) is 30.0 Å². The van der Waals surface area contributed by atoms with Crippen molar-refractivity contribution in [1.82, 2.24) is 10.2 Å². The molecule has 1 aromatic rings. The molecule has 1 N–H and O–H groups in total. The van der Waals surface area contributed by atoms with Crippen molar-refractivity contribution in [2.45, 2.75) is 44.4 Å². The second kappa shape index (κ2) is 10.1. The van der Waals surface area contributed by atoms with Gasteiger partial charge in [0, 0.05) is 26.0 Å². The Morgan fingerprint density at radius 1 is 1.43 bits per heavy atom. The summed E-state index contributed by atoms with van der Waals surface area (Å²) in [6, 6.07) is 9.97. The highest BCUT2D eigenvalue weighted by atomic mass is 32.2. The van der Waals surface area contributed by atoms with E-state index >= 15 is 0 Å². The van der Waals surface area contributed by atoms with E-state index in [0.717, 1.165) is 43.1 Å². The highest BCUT2D eigenvalue weighted by Gasteiger charge is 2.38. The zero-order valence-corrected chi connectivity index (χ0v) is 17.4. The van der Waals surface area contributed by atoms with Crippen LogP contribution in [0.1, 0.15) is 25.3 Å². The fourth-order valence-electron chi connectivity index (χ4n) is 4.06. The molecule has 1 saturated heterocycles. The van der Waals surface area contributed by atoms with Gasteiger partial charge in [-0.05, 0) is 24.8 Å². The van der Waals surface area contributed by atoms with Crippen LogP contribution in [0, 0.1) is 5.92 Å². The first-order valence-corrected chi connectivity index (χ1v) is 10.9. The van der Waals surface area contributed by atoms with E-state index in [2.05, 4.69) is 22.4 Å². The predicted molar refractivity (Wildman–Crippen MR) is 113 cm³/mol. The van der Waals surface area contributed by atoms with Crippen LogP contribution >= 0.6 is 11.8 Å². The lowest BCUT2D eigenvalue weighted by Gasteiger charge is -2.32. The normalized spacial score (nSPS) is 22.4. The van der Waals surface area contributed by atoms with Crippen molar-refractivity contribution in [2.75, 3.05) is 26.0 Å². The van der Waals surface area contributed by atoms with Crippen molar-refractivity contribution in [2.24, 2.45) is 10.9 Å². The first-order valence-electron chi connectivity index (χ1n) is 9.89. The molecular weight excluding hydrogens is 374 g/mol. The van der Waals surface area contributed by atoms with Gasteiger partial charge < -0.3 is 15.0 Å². The van der Waals surface area contributed by atoms with E-state index in [9.17, 15) is 9.59 Å². The molecule has 2 aliphatic rings. The fraction of sp³-hybridized carbons (Fsp3) is 0.571. The average molecular weight is 404 g/mol. The third-order valence-electron chi connectivity index (χ3n) is 5.54. The van der Waals surface area contributed by atoms with Gasteiger partial charge in [-0.15, -0.1) is 11.8 Å². The maximum atomic E-state index is 13.1. The van der Waals surface area contributed by atoms with Crippen LogP contribution in [-0.4, -0.2) is 66.4 Å². The van der Waals surface area contributed by atoms with Gasteiger partial charge in [0.15, 0.2) is 0 Å². The van der Waals surface area contributed by atoms with Crippen LogP contribution in [-0.2, 0) is 20.7 Å². The van der Waals surface area contributed by atoms with Crippen LogP contribution in [0.4, 0.5) is 0 Å². The molecule has 0 aromatic heterocycles. The van der Waals surface area contributed by atoms with Gasteiger partial charge in [-0.2, -0.15) is 0 Å². The van der Waals surface area contributed by atoms with Crippen LogP contribution < -0.4 is 5.32 Å². The Kier molecular flexibility index (Phi) is 7.50. The van der Waals surface area contributed by atoms with E-state index < -0.39 is 0 Å². The minimum atomic E-state index is -0.360. The Labute approximate surface area is 171 Å². The Morgan fingerprint density at radius 2 is 2.21 bits per heavy atom. The average Bonchev–Trinajstić information content (AvgIpc) is 3.41. The second-order valence-corrected chi connectivity index (χ2v) is 8.48. The molecule has 0 saturated carbocycles. The lowest BCUT2D eigenvalue weighted by Crippen LogP contribution is -2.50. The zero-order valence-electron chi connectivity index (χ0n) is 16.5. The molecule has 6 nitrogen and oxygen atoms in total. The third-order valence-corrected chi connectivity index (χ3v) is 6.64. The SMILES string of the molecule is COC(C(C)C(=O)NC(Cc1ccccc1)C1=NCCS1)C1CCCN1C=O. The summed E-state index contributed by atoms with van der Waals surface area (Å²) in [5, 5.41) is 4.20. The van der Waals surface area contributed by atoms with Crippen molar-refractivity contribution in [3.05, 3.63) is 35.9 Å². The summed E-state index contributed by atoms with van der Waals surface area (Å²) < 4.78 is 5.68. The summed E-state index contributed by atoms with van der Waals surface area (Å²) in [5.74, 6) is 0.546. The number of aliphatic imine (C=N–C) groups is 1. The van der Waals surface area contributed by atoms with E-state index in [0.29, 0.717) is 6.42 Å².